The zero-order chi connectivity index (χ0) is 11.9. The van der Waals surface area contributed by atoms with E-state index in [0.717, 1.165) is 19.0 Å². The number of ether oxygens (including phenoxy) is 1. The van der Waals surface area contributed by atoms with Gasteiger partial charge in [-0.25, -0.2) is 0 Å². The molecule has 17 heavy (non-hydrogen) atoms. The van der Waals surface area contributed by atoms with Crippen LogP contribution in [0.5, 0.6) is 0 Å². The Morgan fingerprint density at radius 3 is 2.65 bits per heavy atom. The first-order chi connectivity index (χ1) is 8.40. The van der Waals surface area contributed by atoms with Gasteiger partial charge in [0.2, 0.25) is 0 Å². The highest BCUT2D eigenvalue weighted by atomic mass is 16.5. The highest BCUT2D eigenvalue weighted by Crippen LogP contribution is 2.28. The number of rotatable bonds is 7. The maximum atomic E-state index is 5.21. The molecule has 1 saturated carbocycles. The molecule has 0 saturated heterocycles. The largest absolute Gasteiger partial charge is 0.380 e. The van der Waals surface area contributed by atoms with Gasteiger partial charge < -0.3 is 10.1 Å². The third-order valence-corrected chi connectivity index (χ3v) is 3.69. The van der Waals surface area contributed by atoms with Crippen LogP contribution in [0.4, 0.5) is 0 Å². The SMILES string of the molecule is COCc1ccccc1CNCCC1CCC1. The highest BCUT2D eigenvalue weighted by Gasteiger charge is 2.16. The van der Waals surface area contributed by atoms with E-state index in [4.69, 9.17) is 4.74 Å². The van der Waals surface area contributed by atoms with E-state index in [1.54, 1.807) is 7.11 Å². The van der Waals surface area contributed by atoms with Crippen LogP contribution in [0, 0.1) is 5.92 Å². The van der Waals surface area contributed by atoms with Gasteiger partial charge in [-0.05, 0) is 30.0 Å². The second-order valence-corrected chi connectivity index (χ2v) is 4.96. The lowest BCUT2D eigenvalue weighted by Crippen LogP contribution is -2.21. The zero-order valence-corrected chi connectivity index (χ0v) is 10.7. The van der Waals surface area contributed by atoms with Crippen LogP contribution in [-0.4, -0.2) is 13.7 Å². The van der Waals surface area contributed by atoms with Crippen LogP contribution in [0.25, 0.3) is 0 Å². The number of benzene rings is 1. The molecule has 1 aliphatic carbocycles. The fraction of sp³-hybridized carbons (Fsp3) is 0.600. The minimum absolute atomic E-state index is 0.709. The molecule has 1 aromatic carbocycles. The summed E-state index contributed by atoms with van der Waals surface area (Å²) in [4.78, 5) is 0. The van der Waals surface area contributed by atoms with E-state index < -0.39 is 0 Å². The Morgan fingerprint density at radius 1 is 1.24 bits per heavy atom. The monoisotopic (exact) mass is 233 g/mol. The molecule has 0 unspecified atom stereocenters. The predicted molar refractivity (Wildman–Crippen MR) is 70.8 cm³/mol. The van der Waals surface area contributed by atoms with Crippen molar-refractivity contribution in [3.05, 3.63) is 35.4 Å². The molecule has 2 nitrogen and oxygen atoms in total. The maximum absolute atomic E-state index is 5.21. The van der Waals surface area contributed by atoms with Crippen LogP contribution in [0.1, 0.15) is 36.8 Å². The van der Waals surface area contributed by atoms with Crippen LogP contribution >= 0.6 is 0 Å². The Bertz CT molecular complexity index is 333. The van der Waals surface area contributed by atoms with E-state index in [2.05, 4.69) is 29.6 Å². The molecule has 0 bridgehead atoms. The normalized spacial score (nSPS) is 15.8. The van der Waals surface area contributed by atoms with Gasteiger partial charge in [0.05, 0.1) is 6.61 Å². The number of methoxy groups -OCH3 is 1. The third kappa shape index (κ3) is 3.83. The van der Waals surface area contributed by atoms with Crippen LogP contribution in [0.15, 0.2) is 24.3 Å². The second kappa shape index (κ2) is 6.77. The van der Waals surface area contributed by atoms with E-state index >= 15 is 0 Å². The lowest BCUT2D eigenvalue weighted by Gasteiger charge is -2.25. The summed E-state index contributed by atoms with van der Waals surface area (Å²) in [5.74, 6) is 0.997. The molecule has 0 atom stereocenters. The molecule has 0 spiro atoms. The molecule has 0 radical (unpaired) electrons. The number of hydrogen-bond acceptors (Lipinski definition) is 2. The van der Waals surface area contributed by atoms with Crippen molar-refractivity contribution in [2.24, 2.45) is 5.92 Å². The molecule has 1 N–H and O–H groups in total. The minimum Gasteiger partial charge on any atom is -0.380 e. The average Bonchev–Trinajstić information content (AvgIpc) is 2.29. The highest BCUT2D eigenvalue weighted by molar-refractivity contribution is 5.26. The second-order valence-electron chi connectivity index (χ2n) is 4.96. The average molecular weight is 233 g/mol. The Labute approximate surface area is 104 Å². The van der Waals surface area contributed by atoms with E-state index in [-0.39, 0.29) is 0 Å². The molecule has 0 heterocycles. The van der Waals surface area contributed by atoms with Crippen LogP contribution in [0.2, 0.25) is 0 Å². The van der Waals surface area contributed by atoms with Crippen LogP contribution < -0.4 is 5.32 Å². The Balaban J connectivity index is 1.73. The molecule has 1 fully saturated rings. The Hall–Kier alpha value is -0.860. The summed E-state index contributed by atoms with van der Waals surface area (Å²) >= 11 is 0. The molecule has 0 aliphatic heterocycles. The van der Waals surface area contributed by atoms with Gasteiger partial charge in [-0.2, -0.15) is 0 Å². The summed E-state index contributed by atoms with van der Waals surface area (Å²) in [5.41, 5.74) is 2.66. The summed E-state index contributed by atoms with van der Waals surface area (Å²) < 4.78 is 5.21. The van der Waals surface area contributed by atoms with Crippen molar-refractivity contribution in [3.8, 4) is 0 Å². The first-order valence-corrected chi connectivity index (χ1v) is 6.66. The molecular formula is C15H23NO. The van der Waals surface area contributed by atoms with E-state index in [1.807, 2.05) is 0 Å². The summed E-state index contributed by atoms with van der Waals surface area (Å²) in [6, 6.07) is 8.51. The summed E-state index contributed by atoms with van der Waals surface area (Å²) in [5, 5.41) is 3.54. The van der Waals surface area contributed by atoms with Crippen molar-refractivity contribution in [3.63, 3.8) is 0 Å². The van der Waals surface area contributed by atoms with Gasteiger partial charge in [-0.15, -0.1) is 0 Å². The van der Waals surface area contributed by atoms with Crippen molar-refractivity contribution < 1.29 is 4.74 Å². The molecule has 1 aromatic rings. The van der Waals surface area contributed by atoms with Gasteiger partial charge in [0.25, 0.3) is 0 Å². The van der Waals surface area contributed by atoms with Gasteiger partial charge in [0.1, 0.15) is 0 Å². The van der Waals surface area contributed by atoms with Crippen molar-refractivity contribution in [2.75, 3.05) is 13.7 Å². The lowest BCUT2D eigenvalue weighted by molar-refractivity contribution is 0.184. The fourth-order valence-electron chi connectivity index (χ4n) is 2.34. The molecule has 0 aromatic heterocycles. The summed E-state index contributed by atoms with van der Waals surface area (Å²) in [6.07, 6.45) is 5.68. The Kier molecular flexibility index (Phi) is 5.02. The van der Waals surface area contributed by atoms with Crippen molar-refractivity contribution >= 4 is 0 Å². The first kappa shape index (κ1) is 12.6. The summed E-state index contributed by atoms with van der Waals surface area (Å²) in [6.45, 7) is 2.82. The van der Waals surface area contributed by atoms with Gasteiger partial charge in [0.15, 0.2) is 0 Å². The smallest absolute Gasteiger partial charge is 0.0716 e. The minimum atomic E-state index is 0.709. The Morgan fingerprint density at radius 2 is 2.00 bits per heavy atom. The van der Waals surface area contributed by atoms with Gasteiger partial charge in [-0.3, -0.25) is 0 Å². The van der Waals surface area contributed by atoms with Gasteiger partial charge in [0, 0.05) is 13.7 Å². The molecule has 94 valence electrons. The molecule has 2 heteroatoms. The van der Waals surface area contributed by atoms with Crippen LogP contribution in [0.3, 0.4) is 0 Å². The van der Waals surface area contributed by atoms with Crippen molar-refractivity contribution in [1.82, 2.24) is 5.32 Å². The molecule has 1 aliphatic rings. The topological polar surface area (TPSA) is 21.3 Å². The van der Waals surface area contributed by atoms with Crippen molar-refractivity contribution in [1.29, 1.82) is 0 Å². The maximum Gasteiger partial charge on any atom is 0.0716 e. The van der Waals surface area contributed by atoms with Gasteiger partial charge >= 0.3 is 0 Å². The standard InChI is InChI=1S/C15H23NO/c1-17-12-15-8-3-2-7-14(15)11-16-10-9-13-5-4-6-13/h2-3,7-8,13,16H,4-6,9-12H2,1H3. The van der Waals surface area contributed by atoms with Crippen LogP contribution in [-0.2, 0) is 17.9 Å². The van der Waals surface area contributed by atoms with E-state index in [0.29, 0.717) is 6.61 Å². The number of nitrogens with one attached hydrogen (secondary N) is 1. The summed E-state index contributed by atoms with van der Waals surface area (Å²) in [7, 11) is 1.75. The molecular weight excluding hydrogens is 210 g/mol. The van der Waals surface area contributed by atoms with Gasteiger partial charge in [-0.1, -0.05) is 43.5 Å². The third-order valence-electron chi connectivity index (χ3n) is 3.69. The predicted octanol–water partition coefficient (Wildman–Crippen LogP) is 3.11. The first-order valence-electron chi connectivity index (χ1n) is 6.66. The van der Waals surface area contributed by atoms with E-state index in [1.165, 1.54) is 36.8 Å². The number of hydrogen-bond donors (Lipinski definition) is 1. The van der Waals surface area contributed by atoms with E-state index in [9.17, 15) is 0 Å². The molecule has 2 rings (SSSR count). The zero-order valence-electron chi connectivity index (χ0n) is 10.7. The quantitative estimate of drug-likeness (QED) is 0.731. The van der Waals surface area contributed by atoms with Crippen molar-refractivity contribution in [2.45, 2.75) is 38.8 Å². The molecule has 0 amide bonds. The lowest BCUT2D eigenvalue weighted by atomic mass is 9.83. The fourth-order valence-corrected chi connectivity index (χ4v) is 2.34.